The second-order valence-corrected chi connectivity index (χ2v) is 9.46. The Bertz CT molecular complexity index is 1110. The largest absolute Gasteiger partial charge is 0.497 e. The average molecular weight is 447 g/mol. The summed E-state index contributed by atoms with van der Waals surface area (Å²) in [5.41, 5.74) is 2.55. The lowest BCUT2D eigenvalue weighted by Crippen LogP contribution is -2.25. The molecule has 0 bridgehead atoms. The molecule has 3 aromatic rings. The van der Waals surface area contributed by atoms with Gasteiger partial charge < -0.3 is 4.74 Å². The van der Waals surface area contributed by atoms with Gasteiger partial charge in [-0.05, 0) is 49.6 Å². The van der Waals surface area contributed by atoms with Gasteiger partial charge in [0.1, 0.15) is 5.75 Å². The molecule has 8 nitrogen and oxygen atoms in total. The Kier molecular flexibility index (Phi) is 7.14. The van der Waals surface area contributed by atoms with Crippen molar-refractivity contribution in [2.75, 3.05) is 19.0 Å². The van der Waals surface area contributed by atoms with Crippen LogP contribution >= 0.6 is 11.3 Å². The first-order valence-corrected chi connectivity index (χ1v) is 11.5. The number of ether oxygens (including phenoxy) is 1. The summed E-state index contributed by atoms with van der Waals surface area (Å²) in [4.78, 5) is 12.2. The predicted octanol–water partition coefficient (Wildman–Crippen LogP) is 3.02. The molecule has 0 saturated carbocycles. The van der Waals surface area contributed by atoms with Crippen molar-refractivity contribution in [3.8, 4) is 5.75 Å². The first kappa shape index (κ1) is 21.9. The number of aromatic nitrogens is 2. The standard InChI is InChI=1S/C20H22N4O4S2/c1-14-8-10-16(11-9-14)18(25)22-19-23-24-20(29-19)30(26,27)21-12-4-6-15-5-3-7-17(13-15)28-2/h3,5,7-11,13,21H,4,6,12H2,1-2H3,(H,22,23,25). The van der Waals surface area contributed by atoms with E-state index in [0.717, 1.165) is 28.2 Å². The third-order valence-electron chi connectivity index (χ3n) is 4.24. The third-order valence-corrected chi connectivity index (χ3v) is 6.91. The van der Waals surface area contributed by atoms with E-state index in [0.29, 0.717) is 18.4 Å². The molecule has 1 heterocycles. The van der Waals surface area contributed by atoms with Crippen molar-refractivity contribution < 1.29 is 17.9 Å². The van der Waals surface area contributed by atoms with Gasteiger partial charge in [-0.15, -0.1) is 10.2 Å². The molecule has 0 saturated heterocycles. The van der Waals surface area contributed by atoms with Crippen LogP contribution in [-0.2, 0) is 16.4 Å². The van der Waals surface area contributed by atoms with E-state index in [2.05, 4.69) is 20.2 Å². The van der Waals surface area contributed by atoms with Crippen LogP contribution in [0.2, 0.25) is 0 Å². The normalized spacial score (nSPS) is 11.3. The van der Waals surface area contributed by atoms with Crippen LogP contribution in [0.5, 0.6) is 5.75 Å². The van der Waals surface area contributed by atoms with E-state index in [1.165, 1.54) is 0 Å². The number of rotatable bonds is 9. The van der Waals surface area contributed by atoms with Crippen molar-refractivity contribution in [2.24, 2.45) is 0 Å². The Labute approximate surface area is 179 Å². The molecule has 3 rings (SSSR count). The topological polar surface area (TPSA) is 110 Å². The number of nitrogens with zero attached hydrogens (tertiary/aromatic N) is 2. The number of methoxy groups -OCH3 is 1. The van der Waals surface area contributed by atoms with Crippen molar-refractivity contribution in [3.05, 3.63) is 65.2 Å². The molecule has 30 heavy (non-hydrogen) atoms. The van der Waals surface area contributed by atoms with Crippen molar-refractivity contribution in [1.82, 2.24) is 14.9 Å². The third kappa shape index (κ3) is 5.85. The monoisotopic (exact) mass is 446 g/mol. The number of amides is 1. The van der Waals surface area contributed by atoms with Crippen molar-refractivity contribution in [2.45, 2.75) is 24.1 Å². The summed E-state index contributed by atoms with van der Waals surface area (Å²) in [5, 5.41) is 10.2. The molecular weight excluding hydrogens is 424 g/mol. The van der Waals surface area contributed by atoms with E-state index >= 15 is 0 Å². The van der Waals surface area contributed by atoms with E-state index < -0.39 is 10.0 Å². The van der Waals surface area contributed by atoms with Gasteiger partial charge in [0, 0.05) is 12.1 Å². The summed E-state index contributed by atoms with van der Waals surface area (Å²) < 4.78 is 32.3. The van der Waals surface area contributed by atoms with E-state index in [1.54, 1.807) is 19.2 Å². The number of carbonyl (C=O) groups is 1. The van der Waals surface area contributed by atoms with Gasteiger partial charge in [-0.1, -0.05) is 41.2 Å². The highest BCUT2D eigenvalue weighted by molar-refractivity contribution is 7.91. The molecule has 2 N–H and O–H groups in total. The molecule has 1 aromatic heterocycles. The SMILES string of the molecule is COc1cccc(CCCNS(=O)(=O)c2nnc(NC(=O)c3ccc(C)cc3)s2)c1. The Morgan fingerprint density at radius 1 is 1.13 bits per heavy atom. The fourth-order valence-electron chi connectivity index (χ4n) is 2.63. The molecule has 0 fully saturated rings. The number of nitrogens with one attached hydrogen (secondary N) is 2. The van der Waals surface area contributed by atoms with Gasteiger partial charge in [-0.25, -0.2) is 13.1 Å². The van der Waals surface area contributed by atoms with Crippen LogP contribution < -0.4 is 14.8 Å². The Hall–Kier alpha value is -2.82. The number of hydrogen-bond donors (Lipinski definition) is 2. The summed E-state index contributed by atoms with van der Waals surface area (Å²) in [6.07, 6.45) is 1.32. The molecule has 158 valence electrons. The maximum atomic E-state index is 12.4. The minimum Gasteiger partial charge on any atom is -0.497 e. The molecule has 0 atom stereocenters. The van der Waals surface area contributed by atoms with Crippen LogP contribution in [0.3, 0.4) is 0 Å². The molecule has 0 spiro atoms. The quantitative estimate of drug-likeness (QED) is 0.386. The first-order valence-electron chi connectivity index (χ1n) is 9.21. The average Bonchev–Trinajstić information content (AvgIpc) is 3.21. The summed E-state index contributed by atoms with van der Waals surface area (Å²) >= 11 is 0.804. The number of aryl methyl sites for hydroxylation is 2. The molecular formula is C20H22N4O4S2. The lowest BCUT2D eigenvalue weighted by atomic mass is 10.1. The zero-order valence-corrected chi connectivity index (χ0v) is 18.2. The molecule has 1 amide bonds. The minimum atomic E-state index is -3.79. The van der Waals surface area contributed by atoms with E-state index in [9.17, 15) is 13.2 Å². The number of carbonyl (C=O) groups excluding carboxylic acids is 1. The number of sulfonamides is 1. The molecule has 0 radical (unpaired) electrons. The van der Waals surface area contributed by atoms with Crippen molar-refractivity contribution >= 4 is 32.4 Å². The maximum Gasteiger partial charge on any atom is 0.269 e. The Balaban J connectivity index is 1.53. The summed E-state index contributed by atoms with van der Waals surface area (Å²) in [7, 11) is -2.19. The molecule has 0 aliphatic carbocycles. The highest BCUT2D eigenvalue weighted by Gasteiger charge is 2.20. The fourth-order valence-corrected chi connectivity index (χ4v) is 4.64. The molecule has 0 aliphatic heterocycles. The lowest BCUT2D eigenvalue weighted by Gasteiger charge is -2.05. The predicted molar refractivity (Wildman–Crippen MR) is 116 cm³/mol. The Morgan fingerprint density at radius 2 is 1.90 bits per heavy atom. The van der Waals surface area contributed by atoms with Gasteiger partial charge >= 0.3 is 0 Å². The maximum absolute atomic E-state index is 12.4. The van der Waals surface area contributed by atoms with Crippen LogP contribution in [0.25, 0.3) is 0 Å². The second kappa shape index (κ2) is 9.79. The Morgan fingerprint density at radius 3 is 2.63 bits per heavy atom. The van der Waals surface area contributed by atoms with Crippen LogP contribution in [0.15, 0.2) is 52.9 Å². The van der Waals surface area contributed by atoms with Gasteiger partial charge in [-0.2, -0.15) is 0 Å². The first-order chi connectivity index (χ1) is 14.4. The zero-order valence-electron chi connectivity index (χ0n) is 16.6. The highest BCUT2D eigenvalue weighted by atomic mass is 32.2. The minimum absolute atomic E-state index is 0.123. The highest BCUT2D eigenvalue weighted by Crippen LogP contribution is 2.20. The summed E-state index contributed by atoms with van der Waals surface area (Å²) in [6.45, 7) is 2.18. The van der Waals surface area contributed by atoms with E-state index in [4.69, 9.17) is 4.74 Å². The number of hydrogen-bond acceptors (Lipinski definition) is 7. The van der Waals surface area contributed by atoms with Gasteiger partial charge in [0.25, 0.3) is 15.9 Å². The van der Waals surface area contributed by atoms with Crippen LogP contribution in [0, 0.1) is 6.92 Å². The van der Waals surface area contributed by atoms with Gasteiger partial charge in [0.15, 0.2) is 0 Å². The smallest absolute Gasteiger partial charge is 0.269 e. The van der Waals surface area contributed by atoms with Crippen LogP contribution in [0.1, 0.15) is 27.9 Å². The van der Waals surface area contributed by atoms with Crippen molar-refractivity contribution in [1.29, 1.82) is 0 Å². The lowest BCUT2D eigenvalue weighted by molar-refractivity contribution is 0.102. The number of benzene rings is 2. The number of anilines is 1. The van der Waals surface area contributed by atoms with Crippen LogP contribution in [-0.4, -0.2) is 38.2 Å². The molecule has 10 heteroatoms. The molecule has 0 aliphatic rings. The van der Waals surface area contributed by atoms with Crippen molar-refractivity contribution in [3.63, 3.8) is 0 Å². The second-order valence-electron chi connectivity index (χ2n) is 6.55. The zero-order chi connectivity index (χ0) is 21.6. The molecule has 0 unspecified atom stereocenters. The summed E-state index contributed by atoms with van der Waals surface area (Å²) in [5.74, 6) is 0.392. The fraction of sp³-hybridized carbons (Fsp3) is 0.250. The van der Waals surface area contributed by atoms with Crippen LogP contribution in [0.4, 0.5) is 5.13 Å². The van der Waals surface area contributed by atoms with Gasteiger partial charge in [0.2, 0.25) is 9.47 Å². The van der Waals surface area contributed by atoms with E-state index in [-0.39, 0.29) is 21.9 Å². The van der Waals surface area contributed by atoms with Gasteiger partial charge in [-0.3, -0.25) is 10.1 Å². The van der Waals surface area contributed by atoms with E-state index in [1.807, 2.05) is 43.3 Å². The van der Waals surface area contributed by atoms with Gasteiger partial charge in [0.05, 0.1) is 7.11 Å². The molecule has 2 aromatic carbocycles. The summed E-state index contributed by atoms with van der Waals surface area (Å²) in [6, 6.07) is 14.6.